The molecule has 1 N–H and O–H groups in total. The lowest BCUT2D eigenvalue weighted by atomic mass is 10.0. The summed E-state index contributed by atoms with van der Waals surface area (Å²) in [6, 6.07) is 12.3. The molecule has 0 saturated carbocycles. The number of benzene rings is 1. The molecular formula is C19H20N2O2. The number of pyridine rings is 1. The third-order valence-corrected chi connectivity index (χ3v) is 4.06. The summed E-state index contributed by atoms with van der Waals surface area (Å²) >= 11 is 0. The molecule has 0 atom stereocenters. The van der Waals surface area contributed by atoms with Crippen LogP contribution in [-0.2, 0) is 12.8 Å². The van der Waals surface area contributed by atoms with Crippen LogP contribution in [0.25, 0.3) is 11.1 Å². The van der Waals surface area contributed by atoms with Gasteiger partial charge in [0.1, 0.15) is 5.76 Å². The van der Waals surface area contributed by atoms with E-state index >= 15 is 0 Å². The summed E-state index contributed by atoms with van der Waals surface area (Å²) in [4.78, 5) is 14.9. The van der Waals surface area contributed by atoms with Gasteiger partial charge in [0.25, 0.3) is 5.56 Å². The van der Waals surface area contributed by atoms with E-state index in [2.05, 4.69) is 22.3 Å². The van der Waals surface area contributed by atoms with Crippen molar-refractivity contribution in [3.8, 4) is 11.1 Å². The molecular weight excluding hydrogens is 288 g/mol. The summed E-state index contributed by atoms with van der Waals surface area (Å²) < 4.78 is 5.22. The Morgan fingerprint density at radius 2 is 1.91 bits per heavy atom. The number of aromatic nitrogens is 2. The number of aryl methyl sites for hydroxylation is 4. The van der Waals surface area contributed by atoms with Gasteiger partial charge in [-0.05, 0) is 44.7 Å². The van der Waals surface area contributed by atoms with Gasteiger partial charge in [-0.2, -0.15) is 0 Å². The zero-order valence-electron chi connectivity index (χ0n) is 13.4. The first kappa shape index (κ1) is 15.3. The first-order valence-electron chi connectivity index (χ1n) is 7.84. The molecule has 0 bridgehead atoms. The molecule has 0 fully saturated rings. The number of hydrogen-bond acceptors (Lipinski definition) is 3. The Hall–Kier alpha value is -2.62. The Balaban J connectivity index is 1.77. The third kappa shape index (κ3) is 3.42. The van der Waals surface area contributed by atoms with Crippen LogP contribution in [0.5, 0.6) is 0 Å². The molecule has 2 heterocycles. The molecule has 1 aromatic carbocycles. The van der Waals surface area contributed by atoms with E-state index in [4.69, 9.17) is 4.52 Å². The molecule has 0 aliphatic rings. The van der Waals surface area contributed by atoms with Crippen LogP contribution in [0.4, 0.5) is 0 Å². The van der Waals surface area contributed by atoms with Gasteiger partial charge in [0.15, 0.2) is 0 Å². The van der Waals surface area contributed by atoms with E-state index in [1.54, 1.807) is 6.20 Å². The summed E-state index contributed by atoms with van der Waals surface area (Å²) in [5, 5.41) is 3.98. The zero-order valence-corrected chi connectivity index (χ0v) is 13.4. The monoisotopic (exact) mass is 308 g/mol. The van der Waals surface area contributed by atoms with Gasteiger partial charge in [-0.3, -0.25) is 4.79 Å². The fraction of sp³-hybridized carbons (Fsp3) is 0.263. The largest absolute Gasteiger partial charge is 0.361 e. The number of hydrogen-bond donors (Lipinski definition) is 1. The first-order chi connectivity index (χ1) is 11.1. The number of nitrogens with one attached hydrogen (secondary N) is 1. The number of rotatable bonds is 5. The van der Waals surface area contributed by atoms with E-state index in [-0.39, 0.29) is 5.56 Å². The van der Waals surface area contributed by atoms with Crippen molar-refractivity contribution in [1.29, 1.82) is 0 Å². The predicted octanol–water partition coefficient (Wildman–Crippen LogP) is 3.82. The van der Waals surface area contributed by atoms with Gasteiger partial charge < -0.3 is 9.51 Å². The zero-order chi connectivity index (χ0) is 16.2. The van der Waals surface area contributed by atoms with E-state index < -0.39 is 0 Å². The second-order valence-corrected chi connectivity index (χ2v) is 5.78. The molecule has 3 rings (SSSR count). The lowest BCUT2D eigenvalue weighted by molar-refractivity contribution is 0.393. The van der Waals surface area contributed by atoms with Crippen LogP contribution in [0, 0.1) is 13.8 Å². The van der Waals surface area contributed by atoms with Crippen molar-refractivity contribution in [2.75, 3.05) is 0 Å². The van der Waals surface area contributed by atoms with Gasteiger partial charge in [0.2, 0.25) is 0 Å². The minimum Gasteiger partial charge on any atom is -0.361 e. The molecule has 0 amide bonds. The molecule has 0 spiro atoms. The molecule has 4 nitrogen and oxygen atoms in total. The lowest BCUT2D eigenvalue weighted by Crippen LogP contribution is -2.12. The van der Waals surface area contributed by atoms with Crippen LogP contribution in [-0.4, -0.2) is 10.1 Å². The molecule has 23 heavy (non-hydrogen) atoms. The molecule has 0 radical (unpaired) electrons. The maximum atomic E-state index is 12.1. The maximum absolute atomic E-state index is 12.1. The van der Waals surface area contributed by atoms with Crippen molar-refractivity contribution < 1.29 is 4.52 Å². The quantitative estimate of drug-likeness (QED) is 0.779. The average molecular weight is 308 g/mol. The van der Waals surface area contributed by atoms with Crippen molar-refractivity contribution in [3.05, 3.63) is 75.5 Å². The Bertz CT molecular complexity index is 828. The summed E-state index contributed by atoms with van der Waals surface area (Å²) in [6.45, 7) is 3.79. The summed E-state index contributed by atoms with van der Waals surface area (Å²) in [6.07, 6.45) is 4.39. The van der Waals surface area contributed by atoms with E-state index in [9.17, 15) is 4.79 Å². The van der Waals surface area contributed by atoms with Crippen molar-refractivity contribution in [2.45, 2.75) is 33.1 Å². The Labute approximate surface area is 135 Å². The number of H-pyrrole nitrogens is 1. The highest BCUT2D eigenvalue weighted by Gasteiger charge is 2.13. The lowest BCUT2D eigenvalue weighted by Gasteiger charge is -2.05. The standard InChI is InChI=1S/C19H20N2O2/c1-13-18(14(2)23-21-13)17-11-16(19(22)20-12-17)10-6-9-15-7-4-3-5-8-15/h3-5,7-8,11-12H,6,9-10H2,1-2H3,(H,20,22). The highest BCUT2D eigenvalue weighted by molar-refractivity contribution is 5.67. The number of nitrogens with zero attached hydrogens (tertiary/aromatic N) is 1. The molecule has 0 unspecified atom stereocenters. The van der Waals surface area contributed by atoms with Gasteiger partial charge in [0.05, 0.1) is 5.69 Å². The van der Waals surface area contributed by atoms with Crippen LogP contribution in [0.3, 0.4) is 0 Å². The van der Waals surface area contributed by atoms with Crippen LogP contribution < -0.4 is 5.56 Å². The van der Waals surface area contributed by atoms with E-state index in [1.807, 2.05) is 38.1 Å². The van der Waals surface area contributed by atoms with Crippen LogP contribution in [0.2, 0.25) is 0 Å². The molecule has 2 aromatic heterocycles. The van der Waals surface area contributed by atoms with E-state index in [0.29, 0.717) is 0 Å². The van der Waals surface area contributed by atoms with Crippen molar-refractivity contribution in [2.24, 2.45) is 0 Å². The summed E-state index contributed by atoms with van der Waals surface area (Å²) in [7, 11) is 0. The smallest absolute Gasteiger partial charge is 0.251 e. The Morgan fingerprint density at radius 1 is 1.13 bits per heavy atom. The number of aromatic amines is 1. The van der Waals surface area contributed by atoms with E-state index in [1.165, 1.54) is 5.56 Å². The van der Waals surface area contributed by atoms with Gasteiger partial charge in [0, 0.05) is 22.9 Å². The fourth-order valence-electron chi connectivity index (χ4n) is 2.88. The minimum absolute atomic E-state index is 0.0198. The SMILES string of the molecule is Cc1noc(C)c1-c1c[nH]c(=O)c(CCCc2ccccc2)c1. The third-order valence-electron chi connectivity index (χ3n) is 4.06. The van der Waals surface area contributed by atoms with Crippen LogP contribution >= 0.6 is 0 Å². The fourth-order valence-corrected chi connectivity index (χ4v) is 2.88. The second kappa shape index (κ2) is 6.65. The van der Waals surface area contributed by atoms with Crippen LogP contribution in [0.1, 0.15) is 29.0 Å². The van der Waals surface area contributed by atoms with Gasteiger partial charge in [-0.15, -0.1) is 0 Å². The van der Waals surface area contributed by atoms with Crippen molar-refractivity contribution in [1.82, 2.24) is 10.1 Å². The Kier molecular flexibility index (Phi) is 4.42. The molecule has 118 valence electrons. The highest BCUT2D eigenvalue weighted by atomic mass is 16.5. The normalized spacial score (nSPS) is 10.9. The van der Waals surface area contributed by atoms with Gasteiger partial charge in [-0.1, -0.05) is 35.5 Å². The first-order valence-corrected chi connectivity index (χ1v) is 7.84. The average Bonchev–Trinajstić information content (AvgIpc) is 2.89. The molecule has 4 heteroatoms. The van der Waals surface area contributed by atoms with Gasteiger partial charge in [-0.25, -0.2) is 0 Å². The van der Waals surface area contributed by atoms with Crippen molar-refractivity contribution in [3.63, 3.8) is 0 Å². The van der Waals surface area contributed by atoms with E-state index in [0.717, 1.165) is 47.4 Å². The molecule has 3 aromatic rings. The summed E-state index contributed by atoms with van der Waals surface area (Å²) in [5.74, 6) is 0.768. The van der Waals surface area contributed by atoms with Gasteiger partial charge >= 0.3 is 0 Å². The topological polar surface area (TPSA) is 58.9 Å². The predicted molar refractivity (Wildman–Crippen MR) is 90.5 cm³/mol. The summed E-state index contributed by atoms with van der Waals surface area (Å²) in [5.41, 5.74) is 4.84. The molecule has 0 aliphatic carbocycles. The minimum atomic E-state index is -0.0198. The Morgan fingerprint density at radius 3 is 2.61 bits per heavy atom. The second-order valence-electron chi connectivity index (χ2n) is 5.78. The molecule has 0 saturated heterocycles. The highest BCUT2D eigenvalue weighted by Crippen LogP contribution is 2.26. The maximum Gasteiger partial charge on any atom is 0.251 e. The van der Waals surface area contributed by atoms with Crippen molar-refractivity contribution >= 4 is 0 Å². The molecule has 0 aliphatic heterocycles. The van der Waals surface area contributed by atoms with Crippen LogP contribution in [0.15, 0.2) is 51.9 Å².